The third kappa shape index (κ3) is 6.55. The molecule has 0 aliphatic rings. The molecule has 3 aromatic carbocycles. The van der Waals surface area contributed by atoms with Crippen molar-refractivity contribution in [3.05, 3.63) is 95.6 Å². The van der Waals surface area contributed by atoms with Crippen molar-refractivity contribution >= 4 is 17.7 Å². The lowest BCUT2D eigenvalue weighted by atomic mass is 9.92. The number of carboxylic acids is 1. The quantitative estimate of drug-likeness (QED) is 0.293. The fourth-order valence-electron chi connectivity index (χ4n) is 3.73. The second-order valence-electron chi connectivity index (χ2n) is 7.88. The van der Waals surface area contributed by atoms with Crippen LogP contribution in [-0.4, -0.2) is 16.8 Å². The summed E-state index contributed by atoms with van der Waals surface area (Å²) in [6, 6.07) is 25.4. The Morgan fingerprint density at radius 1 is 0.848 bits per heavy atom. The van der Waals surface area contributed by atoms with E-state index in [9.17, 15) is 9.90 Å². The molecule has 0 radical (unpaired) electrons. The summed E-state index contributed by atoms with van der Waals surface area (Å²) in [5, 5.41) is 10.3. The molecule has 1 unspecified atom stereocenters. The standard InChI is InChI=1S/C28H32O4S/c1-3-5-18-28(27(29)30,33-4-2)24-16-17-25(31-20-22-12-8-6-9-13-22)26(19-24)32-21-23-14-10-7-11-15-23/h6-17,19H,3-5,18,20-21H2,1-2H3,(H,29,30). The Balaban J connectivity index is 1.94. The van der Waals surface area contributed by atoms with Crippen LogP contribution < -0.4 is 9.47 Å². The average Bonchev–Trinajstić information content (AvgIpc) is 2.85. The first-order valence-corrected chi connectivity index (χ1v) is 12.4. The molecule has 0 spiro atoms. The van der Waals surface area contributed by atoms with Crippen LogP contribution in [0.15, 0.2) is 78.9 Å². The second-order valence-corrected chi connectivity index (χ2v) is 9.44. The molecule has 0 amide bonds. The minimum Gasteiger partial charge on any atom is -0.485 e. The summed E-state index contributed by atoms with van der Waals surface area (Å²) >= 11 is 1.47. The van der Waals surface area contributed by atoms with Gasteiger partial charge in [0.25, 0.3) is 0 Å². The monoisotopic (exact) mass is 464 g/mol. The maximum atomic E-state index is 12.5. The Hall–Kier alpha value is -2.92. The zero-order valence-corrected chi connectivity index (χ0v) is 20.1. The van der Waals surface area contributed by atoms with Crippen LogP contribution in [0, 0.1) is 0 Å². The van der Waals surface area contributed by atoms with Gasteiger partial charge in [-0.15, -0.1) is 11.8 Å². The van der Waals surface area contributed by atoms with Crippen molar-refractivity contribution in [3.8, 4) is 11.5 Å². The summed E-state index contributed by atoms with van der Waals surface area (Å²) in [5.41, 5.74) is 2.83. The molecule has 1 atom stereocenters. The highest BCUT2D eigenvalue weighted by molar-refractivity contribution is 8.00. The number of hydrogen-bond acceptors (Lipinski definition) is 4. The molecular formula is C28H32O4S. The van der Waals surface area contributed by atoms with Gasteiger partial charge in [-0.25, -0.2) is 0 Å². The van der Waals surface area contributed by atoms with Crippen molar-refractivity contribution in [1.29, 1.82) is 0 Å². The maximum absolute atomic E-state index is 12.5. The van der Waals surface area contributed by atoms with E-state index in [1.807, 2.05) is 85.8 Å². The zero-order chi connectivity index (χ0) is 23.5. The molecular weight excluding hydrogens is 432 g/mol. The molecule has 3 aromatic rings. The van der Waals surface area contributed by atoms with E-state index in [-0.39, 0.29) is 0 Å². The van der Waals surface area contributed by atoms with Crippen LogP contribution in [0.5, 0.6) is 11.5 Å². The molecule has 0 aliphatic heterocycles. The normalized spacial score (nSPS) is 12.7. The van der Waals surface area contributed by atoms with E-state index < -0.39 is 10.7 Å². The van der Waals surface area contributed by atoms with Crippen LogP contribution in [0.25, 0.3) is 0 Å². The number of rotatable bonds is 13. The van der Waals surface area contributed by atoms with E-state index in [2.05, 4.69) is 6.92 Å². The van der Waals surface area contributed by atoms with Crippen LogP contribution >= 0.6 is 11.8 Å². The Bertz CT molecular complexity index is 1010. The molecule has 3 rings (SSSR count). The van der Waals surface area contributed by atoms with E-state index >= 15 is 0 Å². The van der Waals surface area contributed by atoms with Gasteiger partial charge in [0.2, 0.25) is 0 Å². The Morgan fingerprint density at radius 2 is 1.42 bits per heavy atom. The van der Waals surface area contributed by atoms with E-state index in [1.165, 1.54) is 11.8 Å². The van der Waals surface area contributed by atoms with Crippen LogP contribution in [0.3, 0.4) is 0 Å². The highest BCUT2D eigenvalue weighted by Gasteiger charge is 2.40. The van der Waals surface area contributed by atoms with Gasteiger partial charge in [0.1, 0.15) is 18.0 Å². The molecule has 0 bridgehead atoms. The maximum Gasteiger partial charge on any atom is 0.324 e. The highest BCUT2D eigenvalue weighted by atomic mass is 32.2. The van der Waals surface area contributed by atoms with E-state index in [0.717, 1.165) is 29.5 Å². The number of thioether (sulfide) groups is 1. The Morgan fingerprint density at radius 3 is 1.94 bits per heavy atom. The van der Waals surface area contributed by atoms with Crippen LogP contribution in [-0.2, 0) is 22.8 Å². The molecule has 0 fully saturated rings. The van der Waals surface area contributed by atoms with Crippen molar-refractivity contribution in [3.63, 3.8) is 0 Å². The Kier molecular flexibility index (Phi) is 9.25. The first-order valence-electron chi connectivity index (χ1n) is 11.4. The van der Waals surface area contributed by atoms with Gasteiger partial charge in [-0.1, -0.05) is 93.4 Å². The van der Waals surface area contributed by atoms with E-state index in [4.69, 9.17) is 9.47 Å². The van der Waals surface area contributed by atoms with Crippen molar-refractivity contribution in [2.45, 2.75) is 51.1 Å². The average molecular weight is 465 g/mol. The molecule has 33 heavy (non-hydrogen) atoms. The summed E-state index contributed by atoms with van der Waals surface area (Å²) in [5.74, 6) is 1.07. The fraction of sp³-hybridized carbons (Fsp3) is 0.321. The van der Waals surface area contributed by atoms with Gasteiger partial charge in [0, 0.05) is 0 Å². The van der Waals surface area contributed by atoms with Gasteiger partial charge in [-0.05, 0) is 41.0 Å². The molecule has 1 N–H and O–H groups in total. The number of unbranched alkanes of at least 4 members (excludes halogenated alkanes) is 1. The number of ether oxygens (including phenoxy) is 2. The van der Waals surface area contributed by atoms with Crippen molar-refractivity contribution in [1.82, 2.24) is 0 Å². The van der Waals surface area contributed by atoms with Crippen molar-refractivity contribution in [2.75, 3.05) is 5.75 Å². The minimum absolute atomic E-state index is 0.377. The molecule has 0 heterocycles. The highest BCUT2D eigenvalue weighted by Crippen LogP contribution is 2.44. The third-order valence-electron chi connectivity index (χ3n) is 5.50. The van der Waals surface area contributed by atoms with Gasteiger partial charge in [-0.3, -0.25) is 4.79 Å². The third-order valence-corrected chi connectivity index (χ3v) is 6.90. The van der Waals surface area contributed by atoms with Gasteiger partial charge in [-0.2, -0.15) is 0 Å². The van der Waals surface area contributed by atoms with Gasteiger partial charge < -0.3 is 14.6 Å². The van der Waals surface area contributed by atoms with E-state index in [0.29, 0.717) is 36.9 Å². The predicted octanol–water partition coefficient (Wildman–Crippen LogP) is 7.07. The zero-order valence-electron chi connectivity index (χ0n) is 19.3. The molecule has 0 saturated heterocycles. The molecule has 0 aromatic heterocycles. The SMILES string of the molecule is CCCCC(SCC)(C(=O)O)c1ccc(OCc2ccccc2)c(OCc2ccccc2)c1. The largest absolute Gasteiger partial charge is 0.485 e. The molecule has 0 aliphatic carbocycles. The summed E-state index contributed by atoms with van der Waals surface area (Å²) < 4.78 is 11.3. The summed E-state index contributed by atoms with van der Waals surface area (Å²) in [6.45, 7) is 4.87. The number of aliphatic carboxylic acids is 1. The first kappa shape index (κ1) is 24.7. The first-order chi connectivity index (χ1) is 16.1. The summed E-state index contributed by atoms with van der Waals surface area (Å²) in [7, 11) is 0. The summed E-state index contributed by atoms with van der Waals surface area (Å²) in [4.78, 5) is 12.5. The Labute approximate surface area is 201 Å². The lowest BCUT2D eigenvalue weighted by Crippen LogP contribution is -2.32. The van der Waals surface area contributed by atoms with Crippen molar-refractivity contribution in [2.24, 2.45) is 0 Å². The number of carbonyl (C=O) groups is 1. The van der Waals surface area contributed by atoms with Crippen LogP contribution in [0.4, 0.5) is 0 Å². The smallest absolute Gasteiger partial charge is 0.324 e. The topological polar surface area (TPSA) is 55.8 Å². The van der Waals surface area contributed by atoms with Gasteiger partial charge in [0.15, 0.2) is 11.5 Å². The number of carboxylic acid groups (broad SMARTS) is 1. The van der Waals surface area contributed by atoms with Crippen LogP contribution in [0.1, 0.15) is 49.8 Å². The van der Waals surface area contributed by atoms with Gasteiger partial charge >= 0.3 is 5.97 Å². The lowest BCUT2D eigenvalue weighted by Gasteiger charge is -2.30. The molecule has 0 saturated carbocycles. The predicted molar refractivity (Wildman–Crippen MR) is 135 cm³/mol. The minimum atomic E-state index is -1.01. The molecule has 5 heteroatoms. The summed E-state index contributed by atoms with van der Waals surface area (Å²) in [6.07, 6.45) is 2.35. The lowest BCUT2D eigenvalue weighted by molar-refractivity contribution is -0.140. The fourth-order valence-corrected chi connectivity index (χ4v) is 4.92. The van der Waals surface area contributed by atoms with Crippen molar-refractivity contribution < 1.29 is 19.4 Å². The van der Waals surface area contributed by atoms with Gasteiger partial charge in [0.05, 0.1) is 0 Å². The second kappa shape index (κ2) is 12.4. The van der Waals surface area contributed by atoms with E-state index in [1.54, 1.807) is 0 Å². The number of benzene rings is 3. The van der Waals surface area contributed by atoms with Crippen LogP contribution in [0.2, 0.25) is 0 Å². The molecule has 174 valence electrons. The molecule has 4 nitrogen and oxygen atoms in total. The number of hydrogen-bond donors (Lipinski definition) is 1.